The third kappa shape index (κ3) is 2.18. The molecule has 0 bridgehead atoms. The highest BCUT2D eigenvalue weighted by molar-refractivity contribution is 7.91. The quantitative estimate of drug-likeness (QED) is 0.750. The smallest absolute Gasteiger partial charge is 0.248 e. The van der Waals surface area contributed by atoms with Gasteiger partial charge in [-0.1, -0.05) is 12.8 Å². The number of carbonyl (C=O) groups is 1. The SMILES string of the molecule is O=C1CC(C2CCCC2)=NN1C1CCS(=O)(=O)C1. The fourth-order valence-electron chi connectivity index (χ4n) is 3.20. The highest BCUT2D eigenvalue weighted by Crippen LogP contribution is 2.31. The Hall–Kier alpha value is -0.910. The van der Waals surface area contributed by atoms with Crippen LogP contribution in [0.25, 0.3) is 0 Å². The molecule has 0 N–H and O–H groups in total. The van der Waals surface area contributed by atoms with Crippen LogP contribution in [0, 0.1) is 5.92 Å². The van der Waals surface area contributed by atoms with Crippen LogP contribution in [0.15, 0.2) is 5.10 Å². The lowest BCUT2D eigenvalue weighted by Gasteiger charge is -2.18. The molecule has 2 heterocycles. The van der Waals surface area contributed by atoms with Crippen molar-refractivity contribution in [1.82, 2.24) is 5.01 Å². The first kappa shape index (κ1) is 12.1. The van der Waals surface area contributed by atoms with E-state index in [9.17, 15) is 13.2 Å². The summed E-state index contributed by atoms with van der Waals surface area (Å²) >= 11 is 0. The molecule has 3 aliphatic rings. The minimum atomic E-state index is -2.96. The number of hydrogen-bond acceptors (Lipinski definition) is 4. The summed E-state index contributed by atoms with van der Waals surface area (Å²) in [7, 11) is -2.96. The summed E-state index contributed by atoms with van der Waals surface area (Å²) in [6.45, 7) is 0. The van der Waals surface area contributed by atoms with Gasteiger partial charge in [-0.2, -0.15) is 5.10 Å². The van der Waals surface area contributed by atoms with E-state index in [0.29, 0.717) is 18.8 Å². The van der Waals surface area contributed by atoms with Gasteiger partial charge in [-0.05, 0) is 25.2 Å². The predicted octanol–water partition coefficient (Wildman–Crippen LogP) is 0.952. The van der Waals surface area contributed by atoms with E-state index in [-0.39, 0.29) is 23.5 Å². The number of carbonyl (C=O) groups excluding carboxylic acids is 1. The second-order valence-electron chi connectivity index (χ2n) is 5.54. The van der Waals surface area contributed by atoms with Gasteiger partial charge < -0.3 is 0 Å². The van der Waals surface area contributed by atoms with Gasteiger partial charge in [0.25, 0.3) is 0 Å². The third-order valence-electron chi connectivity index (χ3n) is 4.20. The van der Waals surface area contributed by atoms with Crippen molar-refractivity contribution in [3.05, 3.63) is 0 Å². The lowest BCUT2D eigenvalue weighted by atomic mass is 10.00. The third-order valence-corrected chi connectivity index (χ3v) is 5.96. The Balaban J connectivity index is 1.74. The van der Waals surface area contributed by atoms with E-state index in [1.165, 1.54) is 17.9 Å². The van der Waals surface area contributed by atoms with Crippen LogP contribution >= 0.6 is 0 Å². The van der Waals surface area contributed by atoms with Crippen molar-refractivity contribution < 1.29 is 13.2 Å². The Kier molecular flexibility index (Phi) is 2.92. The molecule has 1 saturated carbocycles. The lowest BCUT2D eigenvalue weighted by Crippen LogP contribution is -2.33. The number of hydrogen-bond donors (Lipinski definition) is 0. The number of hydrazone groups is 1. The van der Waals surface area contributed by atoms with Gasteiger partial charge in [0.1, 0.15) is 0 Å². The zero-order valence-electron chi connectivity index (χ0n) is 10.3. The summed E-state index contributed by atoms with van der Waals surface area (Å²) in [5.41, 5.74) is 0.988. The van der Waals surface area contributed by atoms with Crippen LogP contribution in [0.2, 0.25) is 0 Å². The Labute approximate surface area is 107 Å². The largest absolute Gasteiger partial charge is 0.273 e. The van der Waals surface area contributed by atoms with Gasteiger partial charge in [-0.3, -0.25) is 4.79 Å². The Morgan fingerprint density at radius 2 is 1.89 bits per heavy atom. The molecule has 1 atom stereocenters. The van der Waals surface area contributed by atoms with Gasteiger partial charge in [0.15, 0.2) is 9.84 Å². The molecular weight excluding hydrogens is 252 g/mol. The van der Waals surface area contributed by atoms with Crippen LogP contribution in [-0.4, -0.2) is 42.6 Å². The van der Waals surface area contributed by atoms with E-state index >= 15 is 0 Å². The summed E-state index contributed by atoms with van der Waals surface area (Å²) in [6, 6.07) is -0.221. The number of nitrogens with zero attached hydrogens (tertiary/aromatic N) is 2. The second kappa shape index (κ2) is 4.33. The number of sulfone groups is 1. The molecule has 5 nitrogen and oxygen atoms in total. The molecule has 2 aliphatic heterocycles. The van der Waals surface area contributed by atoms with Crippen molar-refractivity contribution in [1.29, 1.82) is 0 Å². The van der Waals surface area contributed by atoms with E-state index in [1.807, 2.05) is 0 Å². The summed E-state index contributed by atoms with van der Waals surface area (Å²) in [4.78, 5) is 12.0. The van der Waals surface area contributed by atoms with Crippen LogP contribution < -0.4 is 0 Å². The minimum absolute atomic E-state index is 0.0148. The molecular formula is C12H18N2O3S. The van der Waals surface area contributed by atoms with E-state index in [4.69, 9.17) is 0 Å². The molecule has 0 aromatic carbocycles. The molecule has 2 fully saturated rings. The van der Waals surface area contributed by atoms with Crippen LogP contribution in [0.4, 0.5) is 0 Å². The summed E-state index contributed by atoms with van der Waals surface area (Å²) < 4.78 is 22.9. The molecule has 1 aliphatic carbocycles. The first-order valence-corrected chi connectivity index (χ1v) is 8.47. The first-order chi connectivity index (χ1) is 8.55. The van der Waals surface area contributed by atoms with E-state index in [2.05, 4.69) is 5.10 Å². The zero-order chi connectivity index (χ0) is 12.8. The molecule has 3 rings (SSSR count). The zero-order valence-corrected chi connectivity index (χ0v) is 11.2. The average Bonchev–Trinajstić information content (AvgIpc) is 2.97. The van der Waals surface area contributed by atoms with Crippen molar-refractivity contribution in [3.63, 3.8) is 0 Å². The van der Waals surface area contributed by atoms with E-state index in [0.717, 1.165) is 18.6 Å². The lowest BCUT2D eigenvalue weighted by molar-refractivity contribution is -0.130. The standard InChI is InChI=1S/C12H18N2O3S/c15-12-7-11(9-3-1-2-4-9)13-14(12)10-5-6-18(16,17)8-10/h9-10H,1-8H2. The van der Waals surface area contributed by atoms with Crippen molar-refractivity contribution in [2.24, 2.45) is 11.0 Å². The summed E-state index contributed by atoms with van der Waals surface area (Å²) in [5.74, 6) is 0.714. The fourth-order valence-corrected chi connectivity index (χ4v) is 4.90. The van der Waals surface area contributed by atoms with Gasteiger partial charge in [0.05, 0.1) is 29.7 Å². The van der Waals surface area contributed by atoms with Crippen LogP contribution in [0.3, 0.4) is 0 Å². The monoisotopic (exact) mass is 270 g/mol. The van der Waals surface area contributed by atoms with Gasteiger partial charge >= 0.3 is 0 Å². The molecule has 0 spiro atoms. The van der Waals surface area contributed by atoms with E-state index in [1.54, 1.807) is 0 Å². The summed E-state index contributed by atoms with van der Waals surface area (Å²) in [6.07, 6.45) is 5.63. The number of rotatable bonds is 2. The molecule has 1 amide bonds. The molecule has 0 aromatic rings. The average molecular weight is 270 g/mol. The topological polar surface area (TPSA) is 66.8 Å². The van der Waals surface area contributed by atoms with Crippen LogP contribution in [-0.2, 0) is 14.6 Å². The van der Waals surface area contributed by atoms with Gasteiger partial charge in [0.2, 0.25) is 5.91 Å². The number of amides is 1. The van der Waals surface area contributed by atoms with Crippen molar-refractivity contribution in [3.8, 4) is 0 Å². The van der Waals surface area contributed by atoms with Gasteiger partial charge in [-0.25, -0.2) is 13.4 Å². The highest BCUT2D eigenvalue weighted by Gasteiger charge is 2.39. The Morgan fingerprint density at radius 3 is 2.50 bits per heavy atom. The molecule has 0 radical (unpaired) electrons. The molecule has 1 saturated heterocycles. The Morgan fingerprint density at radius 1 is 1.17 bits per heavy atom. The maximum atomic E-state index is 12.0. The molecule has 100 valence electrons. The fraction of sp³-hybridized carbons (Fsp3) is 0.833. The maximum Gasteiger partial charge on any atom is 0.248 e. The van der Waals surface area contributed by atoms with Gasteiger partial charge in [-0.15, -0.1) is 0 Å². The second-order valence-corrected chi connectivity index (χ2v) is 7.77. The van der Waals surface area contributed by atoms with Crippen LogP contribution in [0.1, 0.15) is 38.5 Å². The molecule has 6 heteroatoms. The molecule has 0 aromatic heterocycles. The highest BCUT2D eigenvalue weighted by atomic mass is 32.2. The summed E-state index contributed by atoms with van der Waals surface area (Å²) in [5, 5.41) is 5.89. The molecule has 18 heavy (non-hydrogen) atoms. The first-order valence-electron chi connectivity index (χ1n) is 6.65. The predicted molar refractivity (Wildman–Crippen MR) is 67.9 cm³/mol. The van der Waals surface area contributed by atoms with Gasteiger partial charge in [0, 0.05) is 0 Å². The minimum Gasteiger partial charge on any atom is -0.273 e. The van der Waals surface area contributed by atoms with Crippen LogP contribution in [0.5, 0.6) is 0 Å². The molecule has 1 unspecified atom stereocenters. The van der Waals surface area contributed by atoms with Crippen molar-refractivity contribution in [2.75, 3.05) is 11.5 Å². The normalized spacial score (nSPS) is 32.2. The Bertz CT molecular complexity index is 491. The van der Waals surface area contributed by atoms with E-state index < -0.39 is 9.84 Å². The van der Waals surface area contributed by atoms with Crippen molar-refractivity contribution >= 4 is 21.5 Å². The van der Waals surface area contributed by atoms with Crippen molar-refractivity contribution in [2.45, 2.75) is 44.6 Å². The maximum absolute atomic E-state index is 12.0.